The molecule has 4 heteroatoms. The van der Waals surface area contributed by atoms with Crippen LogP contribution in [0.4, 0.5) is 5.69 Å². The van der Waals surface area contributed by atoms with Gasteiger partial charge in [-0.3, -0.25) is 0 Å². The van der Waals surface area contributed by atoms with Crippen LogP contribution in [0.3, 0.4) is 0 Å². The first-order chi connectivity index (χ1) is 9.19. The maximum atomic E-state index is 6.17. The highest BCUT2D eigenvalue weighted by Gasteiger charge is 2.41. The van der Waals surface area contributed by atoms with Crippen LogP contribution in [0.15, 0.2) is 18.2 Å². The van der Waals surface area contributed by atoms with E-state index in [2.05, 4.69) is 18.3 Å². The van der Waals surface area contributed by atoms with Crippen LogP contribution in [0.1, 0.15) is 24.8 Å². The van der Waals surface area contributed by atoms with Crippen molar-refractivity contribution >= 4 is 17.3 Å². The maximum Gasteiger partial charge on any atom is 0.0956 e. The molecule has 2 heterocycles. The Morgan fingerprint density at radius 1 is 1.37 bits per heavy atom. The molecule has 1 spiro atoms. The molecule has 1 aromatic rings. The zero-order chi connectivity index (χ0) is 13.3. The van der Waals surface area contributed by atoms with Crippen LogP contribution in [-0.2, 0) is 9.47 Å². The van der Waals surface area contributed by atoms with Crippen molar-refractivity contribution in [1.82, 2.24) is 0 Å². The molecule has 104 valence electrons. The molecule has 2 atom stereocenters. The van der Waals surface area contributed by atoms with E-state index in [0.29, 0.717) is 6.04 Å². The molecule has 1 aromatic carbocycles. The maximum absolute atomic E-state index is 6.17. The first kappa shape index (κ1) is 13.2. The van der Waals surface area contributed by atoms with Gasteiger partial charge in [-0.25, -0.2) is 0 Å². The van der Waals surface area contributed by atoms with Crippen molar-refractivity contribution in [3.8, 4) is 0 Å². The van der Waals surface area contributed by atoms with Crippen molar-refractivity contribution < 1.29 is 9.47 Å². The van der Waals surface area contributed by atoms with Gasteiger partial charge < -0.3 is 14.8 Å². The summed E-state index contributed by atoms with van der Waals surface area (Å²) in [6.07, 6.45) is 3.06. The van der Waals surface area contributed by atoms with Gasteiger partial charge in [-0.2, -0.15) is 0 Å². The Labute approximate surface area is 119 Å². The second kappa shape index (κ2) is 5.31. The molecule has 0 aliphatic carbocycles. The Hall–Kier alpha value is -0.770. The van der Waals surface area contributed by atoms with Crippen LogP contribution >= 0.6 is 11.6 Å². The summed E-state index contributed by atoms with van der Waals surface area (Å²) in [6, 6.07) is 6.45. The average molecular weight is 282 g/mol. The lowest BCUT2D eigenvalue weighted by Gasteiger charge is -2.38. The summed E-state index contributed by atoms with van der Waals surface area (Å²) in [7, 11) is 0. The number of nitrogens with one attached hydrogen (secondary N) is 1. The molecule has 0 saturated carbocycles. The second-order valence-electron chi connectivity index (χ2n) is 5.58. The lowest BCUT2D eigenvalue weighted by atomic mass is 9.89. The standard InChI is InChI=1S/C15H20ClNO2/c1-11-13(16)3-2-4-14(11)17-12-5-7-19-15(9-12)6-8-18-10-15/h2-4,12,17H,5-10H2,1H3. The summed E-state index contributed by atoms with van der Waals surface area (Å²) < 4.78 is 11.5. The molecule has 0 bridgehead atoms. The molecule has 19 heavy (non-hydrogen) atoms. The van der Waals surface area contributed by atoms with Crippen molar-refractivity contribution in [3.63, 3.8) is 0 Å². The number of hydrogen-bond acceptors (Lipinski definition) is 3. The SMILES string of the molecule is Cc1c(Cl)cccc1NC1CCOC2(CCOC2)C1. The van der Waals surface area contributed by atoms with Gasteiger partial charge >= 0.3 is 0 Å². The van der Waals surface area contributed by atoms with Gasteiger partial charge in [0.15, 0.2) is 0 Å². The third-order valence-electron chi connectivity index (χ3n) is 4.19. The minimum Gasteiger partial charge on any atom is -0.382 e. The molecule has 0 amide bonds. The molecular formula is C15H20ClNO2. The molecule has 2 unspecified atom stereocenters. The van der Waals surface area contributed by atoms with Gasteiger partial charge in [0.2, 0.25) is 0 Å². The molecule has 2 saturated heterocycles. The zero-order valence-corrected chi connectivity index (χ0v) is 12.0. The largest absolute Gasteiger partial charge is 0.382 e. The third kappa shape index (κ3) is 2.73. The van der Waals surface area contributed by atoms with E-state index in [4.69, 9.17) is 21.1 Å². The summed E-state index contributed by atoms with van der Waals surface area (Å²) in [4.78, 5) is 0. The molecule has 3 nitrogen and oxygen atoms in total. The highest BCUT2D eigenvalue weighted by molar-refractivity contribution is 6.31. The van der Waals surface area contributed by atoms with Crippen molar-refractivity contribution in [2.45, 2.75) is 37.8 Å². The van der Waals surface area contributed by atoms with Crippen molar-refractivity contribution in [3.05, 3.63) is 28.8 Å². The topological polar surface area (TPSA) is 30.5 Å². The molecule has 3 rings (SSSR count). The van der Waals surface area contributed by atoms with E-state index < -0.39 is 0 Å². The van der Waals surface area contributed by atoms with Gasteiger partial charge in [0, 0.05) is 36.4 Å². The zero-order valence-electron chi connectivity index (χ0n) is 11.2. The van der Waals surface area contributed by atoms with Gasteiger partial charge in [-0.1, -0.05) is 17.7 Å². The molecule has 0 radical (unpaired) electrons. The quantitative estimate of drug-likeness (QED) is 0.901. The number of anilines is 1. The molecule has 2 fully saturated rings. The van der Waals surface area contributed by atoms with Crippen LogP contribution in [-0.4, -0.2) is 31.5 Å². The Morgan fingerprint density at radius 2 is 2.26 bits per heavy atom. The van der Waals surface area contributed by atoms with E-state index in [9.17, 15) is 0 Å². The number of benzene rings is 1. The van der Waals surface area contributed by atoms with E-state index >= 15 is 0 Å². The molecule has 2 aliphatic rings. The average Bonchev–Trinajstić information content (AvgIpc) is 2.83. The Morgan fingerprint density at radius 3 is 3.05 bits per heavy atom. The fourth-order valence-electron chi connectivity index (χ4n) is 3.00. The second-order valence-corrected chi connectivity index (χ2v) is 5.99. The van der Waals surface area contributed by atoms with E-state index in [-0.39, 0.29) is 5.60 Å². The van der Waals surface area contributed by atoms with Crippen LogP contribution in [0.25, 0.3) is 0 Å². The first-order valence-electron chi connectivity index (χ1n) is 6.92. The lowest BCUT2D eigenvalue weighted by molar-refractivity contribution is -0.0828. The molecule has 2 aliphatic heterocycles. The van der Waals surface area contributed by atoms with Crippen LogP contribution in [0.2, 0.25) is 5.02 Å². The fourth-order valence-corrected chi connectivity index (χ4v) is 3.17. The van der Waals surface area contributed by atoms with E-state index in [0.717, 1.165) is 55.4 Å². The van der Waals surface area contributed by atoms with Gasteiger partial charge in [0.05, 0.1) is 12.2 Å². The highest BCUT2D eigenvalue weighted by atomic mass is 35.5. The van der Waals surface area contributed by atoms with Gasteiger partial charge in [-0.05, 0) is 37.5 Å². The lowest BCUT2D eigenvalue weighted by Crippen LogP contribution is -2.45. The summed E-state index contributed by atoms with van der Waals surface area (Å²) in [5.41, 5.74) is 2.20. The Kier molecular flexibility index (Phi) is 3.70. The Balaban J connectivity index is 1.71. The Bertz CT molecular complexity index is 457. The van der Waals surface area contributed by atoms with E-state index in [1.54, 1.807) is 0 Å². The summed E-state index contributed by atoms with van der Waals surface area (Å²) in [5, 5.41) is 4.44. The first-order valence-corrected chi connectivity index (χ1v) is 7.30. The summed E-state index contributed by atoms with van der Waals surface area (Å²) >= 11 is 6.17. The van der Waals surface area contributed by atoms with Gasteiger partial charge in [0.25, 0.3) is 0 Å². The smallest absolute Gasteiger partial charge is 0.0956 e. The van der Waals surface area contributed by atoms with Crippen molar-refractivity contribution in [2.24, 2.45) is 0 Å². The normalized spacial score (nSPS) is 30.7. The van der Waals surface area contributed by atoms with E-state index in [1.165, 1.54) is 0 Å². The molecule has 0 aromatic heterocycles. The number of hydrogen-bond donors (Lipinski definition) is 1. The number of rotatable bonds is 2. The minimum absolute atomic E-state index is 0.0532. The number of ether oxygens (including phenoxy) is 2. The summed E-state index contributed by atoms with van der Waals surface area (Å²) in [6.45, 7) is 4.42. The third-order valence-corrected chi connectivity index (χ3v) is 4.60. The number of halogens is 1. The minimum atomic E-state index is -0.0532. The van der Waals surface area contributed by atoms with Crippen molar-refractivity contribution in [2.75, 3.05) is 25.1 Å². The van der Waals surface area contributed by atoms with Crippen LogP contribution in [0, 0.1) is 6.92 Å². The monoisotopic (exact) mass is 281 g/mol. The van der Waals surface area contributed by atoms with Crippen LogP contribution in [0.5, 0.6) is 0 Å². The summed E-state index contributed by atoms with van der Waals surface area (Å²) in [5.74, 6) is 0. The predicted molar refractivity (Wildman–Crippen MR) is 77.0 cm³/mol. The molecular weight excluding hydrogens is 262 g/mol. The van der Waals surface area contributed by atoms with Gasteiger partial charge in [0.1, 0.15) is 0 Å². The fraction of sp³-hybridized carbons (Fsp3) is 0.600. The van der Waals surface area contributed by atoms with E-state index in [1.807, 2.05) is 12.1 Å². The van der Waals surface area contributed by atoms with Crippen molar-refractivity contribution in [1.29, 1.82) is 0 Å². The van der Waals surface area contributed by atoms with Crippen LogP contribution < -0.4 is 5.32 Å². The highest BCUT2D eigenvalue weighted by Crippen LogP contribution is 2.34. The molecule has 1 N–H and O–H groups in total. The predicted octanol–water partition coefficient (Wildman–Crippen LogP) is 3.40. The van der Waals surface area contributed by atoms with Gasteiger partial charge in [-0.15, -0.1) is 0 Å².